The number of hydrogen-bond donors (Lipinski definition) is 1. The molecule has 1 aliphatic rings. The van der Waals surface area contributed by atoms with Gasteiger partial charge in [0.25, 0.3) is 11.8 Å². The lowest BCUT2D eigenvalue weighted by Crippen LogP contribution is -2.12. The standard InChI is InChI=1S/C21H18N6O3/c1-29-15-5-2-4-14(10-15)24-20(28)17-11-27(12-23-17)19-16(6-3-9-22-19)21-25-18(26-30-21)13-7-8-13/h2-6,9-13H,7-8H2,1H3,(H,24,28). The largest absolute Gasteiger partial charge is 0.497 e. The fourth-order valence-electron chi connectivity index (χ4n) is 3.07. The van der Waals surface area contributed by atoms with Crippen LogP contribution in [0.4, 0.5) is 5.69 Å². The fourth-order valence-corrected chi connectivity index (χ4v) is 3.07. The number of carbonyl (C=O) groups is 1. The number of carbonyl (C=O) groups excluding carboxylic acids is 1. The first-order valence-corrected chi connectivity index (χ1v) is 9.50. The van der Waals surface area contributed by atoms with Crippen LogP contribution in [0.25, 0.3) is 17.3 Å². The SMILES string of the molecule is COc1cccc(NC(=O)c2cn(-c3ncccc3-c3nc(C4CC4)no3)cn2)c1. The van der Waals surface area contributed by atoms with Crippen molar-refractivity contribution in [3.05, 3.63) is 66.6 Å². The molecule has 0 atom stereocenters. The lowest BCUT2D eigenvalue weighted by Gasteiger charge is -2.06. The van der Waals surface area contributed by atoms with Crippen molar-refractivity contribution in [1.82, 2.24) is 24.7 Å². The normalized spacial score (nSPS) is 13.2. The maximum absolute atomic E-state index is 12.6. The molecule has 3 heterocycles. The molecule has 30 heavy (non-hydrogen) atoms. The van der Waals surface area contributed by atoms with Gasteiger partial charge in [0.15, 0.2) is 11.6 Å². The number of ether oxygens (including phenoxy) is 1. The monoisotopic (exact) mass is 402 g/mol. The van der Waals surface area contributed by atoms with Gasteiger partial charge in [0.1, 0.15) is 17.8 Å². The summed E-state index contributed by atoms with van der Waals surface area (Å²) in [7, 11) is 1.57. The van der Waals surface area contributed by atoms with E-state index in [-0.39, 0.29) is 11.6 Å². The summed E-state index contributed by atoms with van der Waals surface area (Å²) in [5.74, 6) is 2.38. The summed E-state index contributed by atoms with van der Waals surface area (Å²) in [4.78, 5) is 25.8. The summed E-state index contributed by atoms with van der Waals surface area (Å²) in [5, 5.41) is 6.88. The van der Waals surface area contributed by atoms with Crippen molar-refractivity contribution in [2.24, 2.45) is 0 Å². The molecule has 0 saturated heterocycles. The third kappa shape index (κ3) is 3.52. The van der Waals surface area contributed by atoms with E-state index >= 15 is 0 Å². The van der Waals surface area contributed by atoms with Crippen molar-refractivity contribution >= 4 is 11.6 Å². The average molecular weight is 402 g/mol. The quantitative estimate of drug-likeness (QED) is 0.526. The zero-order valence-electron chi connectivity index (χ0n) is 16.1. The van der Waals surface area contributed by atoms with Crippen LogP contribution in [0.15, 0.2) is 59.6 Å². The number of methoxy groups -OCH3 is 1. The average Bonchev–Trinajstić information content (AvgIpc) is 3.30. The predicted octanol–water partition coefficient (Wildman–Crippen LogP) is 3.46. The first-order valence-electron chi connectivity index (χ1n) is 9.50. The molecule has 1 saturated carbocycles. The molecular formula is C21H18N6O3. The molecule has 9 nitrogen and oxygen atoms in total. The van der Waals surface area contributed by atoms with Crippen molar-refractivity contribution in [1.29, 1.82) is 0 Å². The second kappa shape index (κ2) is 7.43. The fraction of sp³-hybridized carbons (Fsp3) is 0.190. The van der Waals surface area contributed by atoms with Gasteiger partial charge in [-0.25, -0.2) is 9.97 Å². The Morgan fingerprint density at radius 2 is 2.13 bits per heavy atom. The van der Waals surface area contributed by atoms with Crippen molar-refractivity contribution in [2.75, 3.05) is 12.4 Å². The molecule has 1 aliphatic carbocycles. The van der Waals surface area contributed by atoms with Crippen LogP contribution >= 0.6 is 0 Å². The van der Waals surface area contributed by atoms with E-state index in [0.717, 1.165) is 18.7 Å². The van der Waals surface area contributed by atoms with Gasteiger partial charge in [-0.3, -0.25) is 9.36 Å². The Morgan fingerprint density at radius 3 is 2.97 bits per heavy atom. The molecule has 4 aromatic rings. The van der Waals surface area contributed by atoms with Crippen molar-refractivity contribution < 1.29 is 14.1 Å². The molecular weight excluding hydrogens is 384 g/mol. The van der Waals surface area contributed by atoms with Crippen LogP contribution in [0.5, 0.6) is 5.75 Å². The number of rotatable bonds is 6. The second-order valence-corrected chi connectivity index (χ2v) is 6.96. The van der Waals surface area contributed by atoms with E-state index < -0.39 is 0 Å². The summed E-state index contributed by atoms with van der Waals surface area (Å²) < 4.78 is 12.3. The van der Waals surface area contributed by atoms with Gasteiger partial charge in [-0.15, -0.1) is 0 Å². The topological polar surface area (TPSA) is 108 Å². The minimum absolute atomic E-state index is 0.249. The summed E-state index contributed by atoms with van der Waals surface area (Å²) in [5.41, 5.74) is 1.54. The highest BCUT2D eigenvalue weighted by atomic mass is 16.5. The molecule has 1 fully saturated rings. The van der Waals surface area contributed by atoms with Gasteiger partial charge < -0.3 is 14.6 Å². The van der Waals surface area contributed by atoms with Gasteiger partial charge in [-0.1, -0.05) is 11.2 Å². The van der Waals surface area contributed by atoms with E-state index in [1.165, 1.54) is 6.33 Å². The maximum atomic E-state index is 12.6. The first-order chi connectivity index (χ1) is 14.7. The van der Waals surface area contributed by atoms with Crippen molar-refractivity contribution in [2.45, 2.75) is 18.8 Å². The van der Waals surface area contributed by atoms with Crippen LogP contribution in [-0.4, -0.2) is 37.7 Å². The third-order valence-electron chi connectivity index (χ3n) is 4.79. The molecule has 9 heteroatoms. The number of benzene rings is 1. The van der Waals surface area contributed by atoms with Crippen molar-refractivity contribution in [3.8, 4) is 23.0 Å². The molecule has 0 radical (unpaired) electrons. The lowest BCUT2D eigenvalue weighted by molar-refractivity contribution is 0.102. The lowest BCUT2D eigenvalue weighted by atomic mass is 10.2. The van der Waals surface area contributed by atoms with Crippen LogP contribution in [0, 0.1) is 0 Å². The third-order valence-corrected chi connectivity index (χ3v) is 4.79. The highest BCUT2D eigenvalue weighted by Crippen LogP contribution is 2.39. The molecule has 3 aromatic heterocycles. The van der Waals surface area contributed by atoms with Gasteiger partial charge in [0.05, 0.1) is 12.7 Å². The zero-order chi connectivity index (χ0) is 20.5. The smallest absolute Gasteiger partial charge is 0.275 e. The second-order valence-electron chi connectivity index (χ2n) is 6.96. The molecule has 0 unspecified atom stereocenters. The number of nitrogens with zero attached hydrogens (tertiary/aromatic N) is 5. The number of pyridine rings is 1. The number of amides is 1. The number of nitrogens with one attached hydrogen (secondary N) is 1. The number of aromatic nitrogens is 5. The van der Waals surface area contributed by atoms with Crippen LogP contribution in [-0.2, 0) is 0 Å². The number of anilines is 1. The molecule has 1 N–H and O–H groups in total. The minimum atomic E-state index is -0.340. The minimum Gasteiger partial charge on any atom is -0.497 e. The van der Waals surface area contributed by atoms with Crippen LogP contribution in [0.1, 0.15) is 35.1 Å². The Bertz CT molecular complexity index is 1210. The Hall–Kier alpha value is -4.01. The number of imidazole rings is 1. The molecule has 1 aromatic carbocycles. The van der Waals surface area contributed by atoms with E-state index in [2.05, 4.69) is 25.4 Å². The highest BCUT2D eigenvalue weighted by molar-refractivity contribution is 6.02. The maximum Gasteiger partial charge on any atom is 0.275 e. The molecule has 0 spiro atoms. The van der Waals surface area contributed by atoms with Gasteiger partial charge in [-0.05, 0) is 37.1 Å². The van der Waals surface area contributed by atoms with Gasteiger partial charge >= 0.3 is 0 Å². The molecule has 150 valence electrons. The Morgan fingerprint density at radius 1 is 1.23 bits per heavy atom. The summed E-state index contributed by atoms with van der Waals surface area (Å²) >= 11 is 0. The van der Waals surface area contributed by atoms with Gasteiger partial charge in [-0.2, -0.15) is 4.98 Å². The Kier molecular flexibility index (Phi) is 4.47. The van der Waals surface area contributed by atoms with E-state index in [4.69, 9.17) is 9.26 Å². The molecule has 1 amide bonds. The zero-order valence-corrected chi connectivity index (χ0v) is 16.1. The van der Waals surface area contributed by atoms with Crippen LogP contribution < -0.4 is 10.1 Å². The Balaban J connectivity index is 1.40. The van der Waals surface area contributed by atoms with E-state index in [0.29, 0.717) is 34.6 Å². The van der Waals surface area contributed by atoms with Gasteiger partial charge in [0.2, 0.25) is 0 Å². The highest BCUT2D eigenvalue weighted by Gasteiger charge is 2.29. The van der Waals surface area contributed by atoms with Crippen LogP contribution in [0.2, 0.25) is 0 Å². The predicted molar refractivity (Wildman–Crippen MR) is 108 cm³/mol. The summed E-state index contributed by atoms with van der Waals surface area (Å²) in [6.07, 6.45) is 6.98. The van der Waals surface area contributed by atoms with Gasteiger partial charge in [0, 0.05) is 30.1 Å². The van der Waals surface area contributed by atoms with E-state index in [1.54, 1.807) is 54.4 Å². The van der Waals surface area contributed by atoms with E-state index in [9.17, 15) is 4.79 Å². The first kappa shape index (κ1) is 18.0. The van der Waals surface area contributed by atoms with E-state index in [1.807, 2.05) is 6.07 Å². The molecule has 5 rings (SSSR count). The van der Waals surface area contributed by atoms with Crippen LogP contribution in [0.3, 0.4) is 0 Å². The molecule has 0 bridgehead atoms. The number of hydrogen-bond acceptors (Lipinski definition) is 7. The molecule has 0 aliphatic heterocycles. The summed E-state index contributed by atoms with van der Waals surface area (Å²) in [6.45, 7) is 0. The Labute approximate surface area is 171 Å². The summed E-state index contributed by atoms with van der Waals surface area (Å²) in [6, 6.07) is 10.8. The van der Waals surface area contributed by atoms with Crippen molar-refractivity contribution in [3.63, 3.8) is 0 Å².